The smallest absolute Gasteiger partial charge is 0.321 e. The summed E-state index contributed by atoms with van der Waals surface area (Å²) in [6.45, 7) is 0.742. The molecule has 5 rings (SSSR count). The van der Waals surface area contributed by atoms with Crippen LogP contribution in [0.4, 0.5) is 0 Å². The van der Waals surface area contributed by atoms with Crippen LogP contribution in [0.3, 0.4) is 0 Å². The van der Waals surface area contributed by atoms with E-state index >= 15 is 0 Å². The average Bonchev–Trinajstić information content (AvgIpc) is 2.85. The minimum Gasteiger partial charge on any atom is -0.504 e. The van der Waals surface area contributed by atoms with E-state index in [1.807, 2.05) is 0 Å². The third-order valence-corrected chi connectivity index (χ3v) is 6.91. The molecule has 0 radical (unpaired) electrons. The minimum atomic E-state index is -1.20. The van der Waals surface area contributed by atoms with Crippen molar-refractivity contribution in [2.75, 3.05) is 13.1 Å². The lowest BCUT2D eigenvalue weighted by Crippen LogP contribution is -2.66. The molecule has 2 aromatic carbocycles. The summed E-state index contributed by atoms with van der Waals surface area (Å²) >= 11 is 0. The topological polar surface area (TPSA) is 156 Å². The molecular formula is C26H25NO8. The first-order valence-electron chi connectivity index (χ1n) is 11.1. The summed E-state index contributed by atoms with van der Waals surface area (Å²) in [4.78, 5) is 40.7. The Morgan fingerprint density at radius 1 is 0.800 bits per heavy atom. The molecule has 2 unspecified atom stereocenters. The van der Waals surface area contributed by atoms with Crippen LogP contribution in [0.5, 0.6) is 23.0 Å². The van der Waals surface area contributed by atoms with Crippen molar-refractivity contribution in [2.24, 2.45) is 11.3 Å². The number of hydrogen-bond donors (Lipinski definition) is 5. The Labute approximate surface area is 200 Å². The van der Waals surface area contributed by atoms with Crippen LogP contribution in [0.25, 0.3) is 12.2 Å². The molecule has 0 spiro atoms. The number of carbonyl (C=O) groups is 3. The first-order chi connectivity index (χ1) is 16.6. The monoisotopic (exact) mass is 479 g/mol. The number of aliphatic carboxylic acids is 1. The summed E-state index contributed by atoms with van der Waals surface area (Å²) in [5, 5.41) is 48.2. The quantitative estimate of drug-likeness (QED) is 0.297. The SMILES string of the molecule is O=C(O)C1C(C(=O)/C=C/c2ccc(O)c(O)c2)C2(C(=O)/C=C/c3ccc(O)c(O)c3)CCN1CC2. The Bertz CT molecular complexity index is 1240. The van der Waals surface area contributed by atoms with Crippen LogP contribution < -0.4 is 0 Å². The van der Waals surface area contributed by atoms with Gasteiger partial charge in [0.2, 0.25) is 0 Å². The number of piperidine rings is 3. The maximum Gasteiger partial charge on any atom is 0.321 e. The van der Waals surface area contributed by atoms with Gasteiger partial charge >= 0.3 is 5.97 Å². The third kappa shape index (κ3) is 4.50. The van der Waals surface area contributed by atoms with Crippen molar-refractivity contribution < 1.29 is 39.9 Å². The molecule has 2 aromatic rings. The molecule has 3 heterocycles. The largest absolute Gasteiger partial charge is 0.504 e. The standard InChI is InChI=1S/C26H25NO8/c28-17-5-1-15(13-20(17)31)3-7-19(30)23-24(25(34)35)27-11-9-26(23,10-12-27)22(33)8-4-16-2-6-18(29)21(32)14-16/h1-8,13-14,23-24,28-29,31-32H,9-12H2,(H,34,35)/b7-3+,8-4+. The molecule has 182 valence electrons. The Hall–Kier alpha value is -4.11. The molecule has 3 saturated heterocycles. The second kappa shape index (κ2) is 9.27. The summed E-state index contributed by atoms with van der Waals surface area (Å²) in [5.41, 5.74) is -0.316. The van der Waals surface area contributed by atoms with Crippen LogP contribution >= 0.6 is 0 Å². The molecule has 5 N–H and O–H groups in total. The van der Waals surface area contributed by atoms with Gasteiger partial charge in [0.15, 0.2) is 34.6 Å². The highest BCUT2D eigenvalue weighted by Gasteiger charge is 2.60. The molecule has 0 aliphatic carbocycles. The molecule has 0 saturated carbocycles. The normalized spacial score (nSPS) is 25.8. The van der Waals surface area contributed by atoms with Crippen molar-refractivity contribution in [1.82, 2.24) is 4.90 Å². The van der Waals surface area contributed by atoms with Gasteiger partial charge < -0.3 is 25.5 Å². The van der Waals surface area contributed by atoms with Gasteiger partial charge in [-0.25, -0.2) is 0 Å². The summed E-state index contributed by atoms with van der Waals surface area (Å²) in [6, 6.07) is 6.96. The van der Waals surface area contributed by atoms with Crippen molar-refractivity contribution >= 4 is 29.7 Å². The van der Waals surface area contributed by atoms with Gasteiger partial charge in [0, 0.05) is 18.5 Å². The highest BCUT2D eigenvalue weighted by atomic mass is 16.4. The number of phenolic OH excluding ortho intramolecular Hbond substituents is 4. The van der Waals surface area contributed by atoms with Gasteiger partial charge in [-0.2, -0.15) is 0 Å². The minimum absolute atomic E-state index is 0.296. The molecular weight excluding hydrogens is 454 g/mol. The van der Waals surface area contributed by atoms with Crippen LogP contribution in [0.1, 0.15) is 24.0 Å². The number of benzene rings is 2. The lowest BCUT2D eigenvalue weighted by molar-refractivity contribution is -0.168. The zero-order valence-corrected chi connectivity index (χ0v) is 18.7. The molecule has 9 heteroatoms. The summed E-state index contributed by atoms with van der Waals surface area (Å²) < 4.78 is 0. The molecule has 35 heavy (non-hydrogen) atoms. The van der Waals surface area contributed by atoms with Gasteiger partial charge in [-0.1, -0.05) is 24.3 Å². The summed E-state index contributed by atoms with van der Waals surface area (Å²) in [7, 11) is 0. The van der Waals surface area contributed by atoms with E-state index < -0.39 is 29.1 Å². The number of fused-ring (bicyclic) bond motifs is 3. The van der Waals surface area contributed by atoms with Crippen molar-refractivity contribution in [3.05, 3.63) is 59.7 Å². The maximum absolute atomic E-state index is 13.5. The van der Waals surface area contributed by atoms with Crippen molar-refractivity contribution in [3.8, 4) is 23.0 Å². The zero-order chi connectivity index (χ0) is 25.3. The van der Waals surface area contributed by atoms with E-state index in [9.17, 15) is 39.9 Å². The molecule has 2 bridgehead atoms. The Balaban J connectivity index is 1.66. The fourth-order valence-corrected chi connectivity index (χ4v) is 5.06. The van der Waals surface area contributed by atoms with Crippen LogP contribution in [0.2, 0.25) is 0 Å². The number of nitrogens with zero attached hydrogens (tertiary/aromatic N) is 1. The number of carbonyl (C=O) groups excluding carboxylic acids is 2. The highest BCUT2D eigenvalue weighted by molar-refractivity contribution is 6.07. The van der Waals surface area contributed by atoms with Gasteiger partial charge in [-0.3, -0.25) is 19.3 Å². The fourth-order valence-electron chi connectivity index (χ4n) is 5.06. The lowest BCUT2D eigenvalue weighted by atomic mass is 9.58. The lowest BCUT2D eigenvalue weighted by Gasteiger charge is -2.54. The number of allylic oxidation sites excluding steroid dienone is 2. The molecule has 0 aromatic heterocycles. The number of rotatable bonds is 7. The van der Waals surface area contributed by atoms with Crippen molar-refractivity contribution in [3.63, 3.8) is 0 Å². The molecule has 2 atom stereocenters. The fraction of sp³-hybridized carbons (Fsp3) is 0.269. The summed E-state index contributed by atoms with van der Waals surface area (Å²) in [5.74, 6) is -4.48. The Morgan fingerprint density at radius 2 is 1.31 bits per heavy atom. The zero-order valence-electron chi connectivity index (χ0n) is 18.7. The number of aromatic hydroxyl groups is 4. The van der Waals surface area contributed by atoms with Gasteiger partial charge in [-0.05, 0) is 60.4 Å². The summed E-state index contributed by atoms with van der Waals surface area (Å²) in [6.07, 6.45) is 6.03. The third-order valence-electron chi connectivity index (χ3n) is 6.91. The van der Waals surface area contributed by atoms with Crippen LogP contribution in [-0.4, -0.2) is 67.1 Å². The van der Waals surface area contributed by atoms with E-state index in [2.05, 4.69) is 0 Å². The van der Waals surface area contributed by atoms with E-state index in [0.29, 0.717) is 37.1 Å². The molecule has 3 aliphatic rings. The predicted octanol–water partition coefficient (Wildman–Crippen LogP) is 2.54. The van der Waals surface area contributed by atoms with E-state index in [-0.39, 0.29) is 28.8 Å². The van der Waals surface area contributed by atoms with E-state index in [1.54, 1.807) is 4.90 Å². The number of carboxylic acid groups (broad SMARTS) is 1. The Kier molecular flexibility index (Phi) is 6.36. The van der Waals surface area contributed by atoms with Crippen LogP contribution in [0.15, 0.2) is 48.6 Å². The first kappa shape index (κ1) is 24.0. The first-order valence-corrected chi connectivity index (χ1v) is 11.1. The maximum atomic E-state index is 13.5. The number of phenols is 4. The van der Waals surface area contributed by atoms with E-state index in [0.717, 1.165) is 0 Å². The molecule has 3 aliphatic heterocycles. The average molecular weight is 479 g/mol. The second-order valence-electron chi connectivity index (χ2n) is 8.88. The van der Waals surface area contributed by atoms with Crippen molar-refractivity contribution in [1.29, 1.82) is 0 Å². The van der Waals surface area contributed by atoms with Gasteiger partial charge in [0.1, 0.15) is 6.04 Å². The van der Waals surface area contributed by atoms with Gasteiger partial charge in [0.25, 0.3) is 0 Å². The van der Waals surface area contributed by atoms with Gasteiger partial charge in [-0.15, -0.1) is 0 Å². The Morgan fingerprint density at radius 3 is 1.80 bits per heavy atom. The predicted molar refractivity (Wildman–Crippen MR) is 126 cm³/mol. The van der Waals surface area contributed by atoms with Gasteiger partial charge in [0.05, 0.1) is 5.92 Å². The highest BCUT2D eigenvalue weighted by Crippen LogP contribution is 2.49. The number of hydrogen-bond acceptors (Lipinski definition) is 8. The molecule has 0 amide bonds. The van der Waals surface area contributed by atoms with Crippen molar-refractivity contribution in [2.45, 2.75) is 18.9 Å². The second-order valence-corrected chi connectivity index (χ2v) is 8.88. The number of ketones is 2. The van der Waals surface area contributed by atoms with E-state index in [1.165, 1.54) is 60.7 Å². The molecule has 3 fully saturated rings. The van der Waals surface area contributed by atoms with E-state index in [4.69, 9.17) is 0 Å². The van der Waals surface area contributed by atoms with Crippen LogP contribution in [0, 0.1) is 11.3 Å². The molecule has 9 nitrogen and oxygen atoms in total. The van der Waals surface area contributed by atoms with Crippen LogP contribution in [-0.2, 0) is 14.4 Å². The number of carboxylic acids is 1.